The van der Waals surface area contributed by atoms with E-state index in [1.54, 1.807) is 12.4 Å². The second kappa shape index (κ2) is 19.4. The highest BCUT2D eigenvalue weighted by atomic mass is 16.2. The van der Waals surface area contributed by atoms with Gasteiger partial charge in [0.15, 0.2) is 0 Å². The van der Waals surface area contributed by atoms with Crippen LogP contribution in [0.4, 0.5) is 0 Å². The van der Waals surface area contributed by atoms with E-state index in [1.165, 1.54) is 0 Å². The molecule has 0 spiro atoms. The molecular formula is C32H43N7O5. The summed E-state index contributed by atoms with van der Waals surface area (Å²) < 4.78 is 0. The van der Waals surface area contributed by atoms with Crippen molar-refractivity contribution >= 4 is 29.5 Å². The summed E-state index contributed by atoms with van der Waals surface area (Å²) in [6, 6.07) is 8.14. The van der Waals surface area contributed by atoms with E-state index < -0.39 is 23.8 Å². The predicted octanol–water partition coefficient (Wildman–Crippen LogP) is 0.970. The van der Waals surface area contributed by atoms with Gasteiger partial charge in [0.25, 0.3) is 0 Å². The van der Waals surface area contributed by atoms with Crippen LogP contribution in [0.25, 0.3) is 0 Å². The van der Waals surface area contributed by atoms with E-state index >= 15 is 0 Å². The van der Waals surface area contributed by atoms with Crippen molar-refractivity contribution in [1.29, 1.82) is 0 Å². The minimum absolute atomic E-state index is 0.191. The van der Waals surface area contributed by atoms with E-state index in [9.17, 15) is 24.0 Å². The topological polar surface area (TPSA) is 171 Å². The van der Waals surface area contributed by atoms with Crippen LogP contribution in [0.15, 0.2) is 42.7 Å². The van der Waals surface area contributed by atoms with E-state index in [1.807, 2.05) is 58.0 Å². The summed E-state index contributed by atoms with van der Waals surface area (Å²) in [5.74, 6) is 4.90. The zero-order valence-corrected chi connectivity index (χ0v) is 25.9. The van der Waals surface area contributed by atoms with Gasteiger partial charge in [-0.25, -0.2) is 9.97 Å². The van der Waals surface area contributed by atoms with Crippen LogP contribution in [-0.2, 0) is 30.4 Å². The molecule has 0 fully saturated rings. The van der Waals surface area contributed by atoms with Crippen molar-refractivity contribution in [3.63, 3.8) is 0 Å². The molecule has 5 N–H and O–H groups in total. The van der Waals surface area contributed by atoms with Gasteiger partial charge in [-0.3, -0.25) is 24.0 Å². The molecule has 12 nitrogen and oxygen atoms in total. The second-order valence-electron chi connectivity index (χ2n) is 10.9. The Morgan fingerprint density at radius 3 is 2.05 bits per heavy atom. The van der Waals surface area contributed by atoms with Gasteiger partial charge in [-0.2, -0.15) is 0 Å². The summed E-state index contributed by atoms with van der Waals surface area (Å²) in [5.41, 5.74) is 1.51. The largest absolute Gasteiger partial charge is 0.354 e. The first-order valence-corrected chi connectivity index (χ1v) is 14.7. The van der Waals surface area contributed by atoms with Crippen LogP contribution in [0.1, 0.15) is 69.8 Å². The average Bonchev–Trinajstić information content (AvgIpc) is 3.00. The predicted molar refractivity (Wildman–Crippen MR) is 166 cm³/mol. The van der Waals surface area contributed by atoms with Gasteiger partial charge >= 0.3 is 0 Å². The number of benzene rings is 1. The van der Waals surface area contributed by atoms with E-state index in [0.717, 1.165) is 11.4 Å². The Balaban J connectivity index is 1.72. The van der Waals surface area contributed by atoms with Gasteiger partial charge in [-0.15, -0.1) is 0 Å². The van der Waals surface area contributed by atoms with Gasteiger partial charge in [0.05, 0.1) is 25.2 Å². The number of rotatable bonds is 16. The number of aromatic nitrogens is 2. The molecular weight excluding hydrogens is 562 g/mol. The Hall–Kier alpha value is -4.79. The third kappa shape index (κ3) is 14.9. The monoisotopic (exact) mass is 605 g/mol. The van der Waals surface area contributed by atoms with E-state index in [2.05, 4.69) is 48.4 Å². The molecule has 5 amide bonds. The summed E-state index contributed by atoms with van der Waals surface area (Å²) in [6.07, 6.45) is 4.74. The molecule has 12 heteroatoms. The lowest BCUT2D eigenvalue weighted by Crippen LogP contribution is -2.52. The molecule has 0 unspecified atom stereocenters. The highest BCUT2D eigenvalue weighted by Gasteiger charge is 2.22. The summed E-state index contributed by atoms with van der Waals surface area (Å²) in [7, 11) is 0. The average molecular weight is 606 g/mol. The molecule has 44 heavy (non-hydrogen) atoms. The molecule has 2 aromatic rings. The quantitative estimate of drug-likeness (QED) is 0.140. The molecule has 1 heterocycles. The van der Waals surface area contributed by atoms with Crippen LogP contribution < -0.4 is 26.6 Å². The summed E-state index contributed by atoms with van der Waals surface area (Å²) >= 11 is 0. The first-order chi connectivity index (χ1) is 21.0. The minimum atomic E-state index is -0.963. The lowest BCUT2D eigenvalue weighted by molar-refractivity contribution is -0.131. The van der Waals surface area contributed by atoms with Gasteiger partial charge in [-0.05, 0) is 17.9 Å². The van der Waals surface area contributed by atoms with Crippen molar-refractivity contribution in [1.82, 2.24) is 36.6 Å². The molecule has 0 saturated carbocycles. The maximum Gasteiger partial charge on any atom is 0.243 e. The molecule has 1 aromatic carbocycles. The molecule has 0 radical (unpaired) electrons. The van der Waals surface area contributed by atoms with Crippen LogP contribution in [0.5, 0.6) is 0 Å². The molecule has 0 bridgehead atoms. The minimum Gasteiger partial charge on any atom is -0.354 e. The Labute approximate surface area is 259 Å². The number of carbonyl (C=O) groups is 5. The van der Waals surface area contributed by atoms with Crippen molar-refractivity contribution in [2.75, 3.05) is 26.2 Å². The highest BCUT2D eigenvalue weighted by Crippen LogP contribution is 2.07. The van der Waals surface area contributed by atoms with E-state index in [-0.39, 0.29) is 56.1 Å². The van der Waals surface area contributed by atoms with Crippen LogP contribution in [-0.4, -0.2) is 71.7 Å². The SMILES string of the molecule is CC(C)CNC(=O)CNC(=O)[C@H](Cc1ccccc1)NC(=O)CNC(=O)CNC(=O)CCCC#Cc1cnc(C(C)C)nc1. The molecule has 0 aliphatic rings. The molecule has 1 atom stereocenters. The van der Waals surface area contributed by atoms with Gasteiger partial charge in [0, 0.05) is 44.1 Å². The zero-order valence-electron chi connectivity index (χ0n) is 25.9. The first kappa shape index (κ1) is 35.4. The first-order valence-electron chi connectivity index (χ1n) is 14.7. The third-order valence-corrected chi connectivity index (χ3v) is 6.08. The lowest BCUT2D eigenvalue weighted by Gasteiger charge is -2.19. The second-order valence-corrected chi connectivity index (χ2v) is 10.9. The number of unbranched alkanes of at least 4 members (excludes halogenated alkanes) is 1. The molecule has 0 saturated heterocycles. The Morgan fingerprint density at radius 2 is 1.39 bits per heavy atom. The van der Waals surface area contributed by atoms with Gasteiger partial charge < -0.3 is 26.6 Å². The maximum absolute atomic E-state index is 12.8. The Kier molecular flexibility index (Phi) is 15.6. The van der Waals surface area contributed by atoms with Gasteiger partial charge in [-0.1, -0.05) is 69.9 Å². The lowest BCUT2D eigenvalue weighted by atomic mass is 10.1. The smallest absolute Gasteiger partial charge is 0.243 e. The van der Waals surface area contributed by atoms with Crippen LogP contribution in [0.3, 0.4) is 0 Å². The van der Waals surface area contributed by atoms with Crippen molar-refractivity contribution < 1.29 is 24.0 Å². The molecule has 0 aliphatic heterocycles. The number of hydrogen-bond acceptors (Lipinski definition) is 7. The molecule has 236 valence electrons. The third-order valence-electron chi connectivity index (χ3n) is 6.08. The van der Waals surface area contributed by atoms with Crippen LogP contribution >= 0.6 is 0 Å². The van der Waals surface area contributed by atoms with Crippen LogP contribution in [0, 0.1) is 17.8 Å². The Bertz CT molecular complexity index is 1300. The fourth-order valence-corrected chi connectivity index (χ4v) is 3.69. The highest BCUT2D eigenvalue weighted by molar-refractivity contribution is 5.92. The number of nitrogens with zero attached hydrogens (tertiary/aromatic N) is 2. The normalized spacial score (nSPS) is 11.1. The molecule has 0 aliphatic carbocycles. The molecule has 1 aromatic heterocycles. The Morgan fingerprint density at radius 1 is 0.773 bits per heavy atom. The van der Waals surface area contributed by atoms with Gasteiger partial charge in [0.1, 0.15) is 11.9 Å². The van der Waals surface area contributed by atoms with Crippen molar-refractivity contribution in [2.45, 2.75) is 65.3 Å². The number of nitrogens with one attached hydrogen (secondary N) is 5. The maximum atomic E-state index is 12.8. The van der Waals surface area contributed by atoms with Crippen LogP contribution in [0.2, 0.25) is 0 Å². The number of carbonyl (C=O) groups excluding carboxylic acids is 5. The van der Waals surface area contributed by atoms with Crippen molar-refractivity contribution in [3.05, 3.63) is 59.7 Å². The fraction of sp³-hybridized carbons (Fsp3) is 0.469. The van der Waals surface area contributed by atoms with Crippen molar-refractivity contribution in [2.24, 2.45) is 5.92 Å². The zero-order chi connectivity index (χ0) is 32.3. The standard InChI is InChI=1S/C32H43N7O5/c1-22(2)16-33-29(42)20-38-32(44)26(15-24-11-7-5-8-12-24)39-30(43)21-35-28(41)19-34-27(40)14-10-6-9-13-25-17-36-31(23(3)4)37-18-25/h5,7-8,11-12,17-18,22-23,26H,6,10,14-16,19-21H2,1-4H3,(H,33,42)(H,34,40)(H,35,41)(H,38,44)(H,39,43)/t26-/m0/s1. The fourth-order valence-electron chi connectivity index (χ4n) is 3.69. The summed E-state index contributed by atoms with van der Waals surface area (Å²) in [5, 5.41) is 12.8. The number of amides is 5. The van der Waals surface area contributed by atoms with E-state index in [0.29, 0.717) is 24.9 Å². The van der Waals surface area contributed by atoms with Crippen molar-refractivity contribution in [3.8, 4) is 11.8 Å². The van der Waals surface area contributed by atoms with E-state index in [4.69, 9.17) is 0 Å². The summed E-state index contributed by atoms with van der Waals surface area (Å²) in [6.45, 7) is 7.52. The van der Waals surface area contributed by atoms with Gasteiger partial charge in [0.2, 0.25) is 29.5 Å². The number of hydrogen-bond donors (Lipinski definition) is 5. The summed E-state index contributed by atoms with van der Waals surface area (Å²) in [4.78, 5) is 70.2. The molecule has 2 rings (SSSR count).